The van der Waals surface area contributed by atoms with Crippen molar-refractivity contribution in [2.45, 2.75) is 52.1 Å². The van der Waals surface area contributed by atoms with E-state index in [0.29, 0.717) is 24.4 Å². The molecule has 8 heteroatoms. The van der Waals surface area contributed by atoms with E-state index in [4.69, 9.17) is 14.2 Å². The number of rotatable bonds is 3. The van der Waals surface area contributed by atoms with Crippen molar-refractivity contribution < 1.29 is 23.8 Å². The summed E-state index contributed by atoms with van der Waals surface area (Å²) in [4.78, 5) is 33.6. The molecule has 3 rings (SSSR count). The number of ether oxygens (including phenoxy) is 3. The maximum atomic E-state index is 12.2. The molecule has 0 saturated carbocycles. The lowest BCUT2D eigenvalue weighted by Gasteiger charge is -2.32. The van der Waals surface area contributed by atoms with E-state index in [1.165, 1.54) is 0 Å². The van der Waals surface area contributed by atoms with E-state index in [-0.39, 0.29) is 18.6 Å². The van der Waals surface area contributed by atoms with Crippen LogP contribution in [-0.2, 0) is 9.47 Å². The Morgan fingerprint density at radius 2 is 1.96 bits per heavy atom. The maximum Gasteiger partial charge on any atom is 0.513 e. The van der Waals surface area contributed by atoms with Crippen molar-refractivity contribution in [3.8, 4) is 5.75 Å². The van der Waals surface area contributed by atoms with Crippen LogP contribution in [0.25, 0.3) is 11.0 Å². The normalized spacial score (nSPS) is 15.5. The first-order valence-electron chi connectivity index (χ1n) is 9.58. The van der Waals surface area contributed by atoms with E-state index in [2.05, 4.69) is 9.97 Å². The SMILES string of the molecule is CCOC(=O)Oc1cccc2[nH]c(C3CCN(C(=O)OC(C)(C)C)CC3)nc12. The van der Waals surface area contributed by atoms with Crippen molar-refractivity contribution in [3.05, 3.63) is 24.0 Å². The highest BCUT2D eigenvalue weighted by Crippen LogP contribution is 2.31. The summed E-state index contributed by atoms with van der Waals surface area (Å²) in [6, 6.07) is 5.37. The van der Waals surface area contributed by atoms with Crippen LogP contribution in [0.3, 0.4) is 0 Å². The summed E-state index contributed by atoms with van der Waals surface area (Å²) in [7, 11) is 0. The average Bonchev–Trinajstić information content (AvgIpc) is 3.06. The van der Waals surface area contributed by atoms with Crippen molar-refractivity contribution in [2.75, 3.05) is 19.7 Å². The number of hydrogen-bond donors (Lipinski definition) is 1. The van der Waals surface area contributed by atoms with E-state index < -0.39 is 11.8 Å². The minimum Gasteiger partial charge on any atom is -0.444 e. The number of piperidine rings is 1. The number of aromatic amines is 1. The molecule has 1 fully saturated rings. The lowest BCUT2D eigenvalue weighted by molar-refractivity contribution is 0.0203. The summed E-state index contributed by atoms with van der Waals surface area (Å²) in [5.41, 5.74) is 0.897. The number of benzene rings is 1. The topological polar surface area (TPSA) is 93.8 Å². The molecule has 0 bridgehead atoms. The standard InChI is InChI=1S/C20H27N3O5/c1-5-26-19(25)27-15-8-6-7-14-16(15)22-17(21-14)13-9-11-23(12-10-13)18(24)28-20(2,3)4/h6-8,13H,5,9-12H2,1-4H3,(H,21,22). The minimum absolute atomic E-state index is 0.196. The molecule has 8 nitrogen and oxygen atoms in total. The molecule has 0 atom stereocenters. The first-order valence-corrected chi connectivity index (χ1v) is 9.58. The zero-order valence-electron chi connectivity index (χ0n) is 16.8. The van der Waals surface area contributed by atoms with Crippen LogP contribution >= 0.6 is 0 Å². The first kappa shape index (κ1) is 20.0. The molecule has 2 heterocycles. The van der Waals surface area contributed by atoms with Crippen molar-refractivity contribution in [1.82, 2.24) is 14.9 Å². The van der Waals surface area contributed by atoms with E-state index in [9.17, 15) is 9.59 Å². The van der Waals surface area contributed by atoms with Crippen LogP contribution in [0.1, 0.15) is 52.3 Å². The van der Waals surface area contributed by atoms with Crippen LogP contribution in [0, 0.1) is 0 Å². The van der Waals surface area contributed by atoms with Crippen LogP contribution in [0.2, 0.25) is 0 Å². The van der Waals surface area contributed by atoms with Gasteiger partial charge in [0.05, 0.1) is 12.1 Å². The predicted octanol–water partition coefficient (Wildman–Crippen LogP) is 4.21. The van der Waals surface area contributed by atoms with Gasteiger partial charge >= 0.3 is 12.2 Å². The first-order chi connectivity index (χ1) is 13.3. The average molecular weight is 389 g/mol. The zero-order chi connectivity index (χ0) is 20.3. The van der Waals surface area contributed by atoms with E-state index in [1.54, 1.807) is 24.0 Å². The third-order valence-corrected chi connectivity index (χ3v) is 4.48. The molecule has 2 aromatic rings. The summed E-state index contributed by atoms with van der Waals surface area (Å²) < 4.78 is 15.5. The summed E-state index contributed by atoms with van der Waals surface area (Å²) in [5, 5.41) is 0. The monoisotopic (exact) mass is 389 g/mol. The Balaban J connectivity index is 1.68. The molecule has 1 aromatic heterocycles. The van der Waals surface area contributed by atoms with Crippen LogP contribution in [0.4, 0.5) is 9.59 Å². The molecule has 1 N–H and O–H groups in total. The summed E-state index contributed by atoms with van der Waals surface area (Å²) >= 11 is 0. The fourth-order valence-corrected chi connectivity index (χ4v) is 3.20. The number of H-pyrrole nitrogens is 1. The largest absolute Gasteiger partial charge is 0.513 e. The molecule has 0 spiro atoms. The lowest BCUT2D eigenvalue weighted by Crippen LogP contribution is -2.41. The van der Waals surface area contributed by atoms with Gasteiger partial charge in [-0.3, -0.25) is 0 Å². The number of imidazole rings is 1. The molecule has 0 radical (unpaired) electrons. The number of nitrogens with one attached hydrogen (secondary N) is 1. The number of para-hydroxylation sites is 1. The van der Waals surface area contributed by atoms with Gasteiger partial charge in [0.2, 0.25) is 0 Å². The molecule has 1 aromatic carbocycles. The molecule has 1 saturated heterocycles. The van der Waals surface area contributed by atoms with Gasteiger partial charge in [0.15, 0.2) is 5.75 Å². The van der Waals surface area contributed by atoms with Gasteiger partial charge in [-0.15, -0.1) is 0 Å². The van der Waals surface area contributed by atoms with Crippen molar-refractivity contribution in [1.29, 1.82) is 0 Å². The lowest BCUT2D eigenvalue weighted by atomic mass is 9.96. The highest BCUT2D eigenvalue weighted by atomic mass is 16.7. The van der Waals surface area contributed by atoms with Crippen LogP contribution in [0.5, 0.6) is 5.75 Å². The van der Waals surface area contributed by atoms with Gasteiger partial charge in [0, 0.05) is 19.0 Å². The third kappa shape index (κ3) is 4.74. The number of aromatic nitrogens is 2. The molecular weight excluding hydrogens is 362 g/mol. The number of carbonyl (C=O) groups is 2. The zero-order valence-corrected chi connectivity index (χ0v) is 16.8. The smallest absolute Gasteiger partial charge is 0.444 e. The Kier molecular flexibility index (Phi) is 5.76. The van der Waals surface area contributed by atoms with Crippen LogP contribution < -0.4 is 4.74 Å². The fourth-order valence-electron chi connectivity index (χ4n) is 3.20. The van der Waals surface area contributed by atoms with Gasteiger partial charge < -0.3 is 24.1 Å². The van der Waals surface area contributed by atoms with Crippen molar-refractivity contribution in [2.24, 2.45) is 0 Å². The maximum absolute atomic E-state index is 12.2. The van der Waals surface area contributed by atoms with Gasteiger partial charge in [0.25, 0.3) is 0 Å². The highest BCUT2D eigenvalue weighted by Gasteiger charge is 2.29. The third-order valence-electron chi connectivity index (χ3n) is 4.48. The minimum atomic E-state index is -0.745. The van der Waals surface area contributed by atoms with Crippen molar-refractivity contribution in [3.63, 3.8) is 0 Å². The quantitative estimate of drug-likeness (QED) is 0.624. The van der Waals surface area contributed by atoms with Gasteiger partial charge in [-0.05, 0) is 52.7 Å². The molecule has 0 aliphatic carbocycles. The summed E-state index contributed by atoms with van der Waals surface area (Å²) in [5.74, 6) is 1.39. The fraction of sp³-hybridized carbons (Fsp3) is 0.550. The summed E-state index contributed by atoms with van der Waals surface area (Å²) in [6.45, 7) is 8.78. The number of likely N-dealkylation sites (tertiary alicyclic amines) is 1. The second kappa shape index (κ2) is 8.08. The Morgan fingerprint density at radius 1 is 1.25 bits per heavy atom. The van der Waals surface area contributed by atoms with Crippen molar-refractivity contribution >= 4 is 23.3 Å². The molecule has 1 amide bonds. The molecule has 1 aliphatic rings. The Labute approximate surface area is 164 Å². The molecule has 152 valence electrons. The van der Waals surface area contributed by atoms with Gasteiger partial charge in [-0.1, -0.05) is 6.07 Å². The number of amides is 1. The Morgan fingerprint density at radius 3 is 2.61 bits per heavy atom. The highest BCUT2D eigenvalue weighted by molar-refractivity contribution is 5.84. The molecule has 1 aliphatic heterocycles. The van der Waals surface area contributed by atoms with Crippen LogP contribution in [-0.4, -0.2) is 52.4 Å². The molecule has 0 unspecified atom stereocenters. The van der Waals surface area contributed by atoms with Gasteiger partial charge in [0.1, 0.15) is 16.9 Å². The molecular formula is C20H27N3O5. The van der Waals surface area contributed by atoms with Gasteiger partial charge in [-0.25, -0.2) is 14.6 Å². The molecule has 28 heavy (non-hydrogen) atoms. The second-order valence-electron chi connectivity index (χ2n) is 7.80. The number of hydrogen-bond acceptors (Lipinski definition) is 6. The Hall–Kier alpha value is -2.77. The predicted molar refractivity (Wildman–Crippen MR) is 104 cm³/mol. The van der Waals surface area contributed by atoms with E-state index in [1.807, 2.05) is 26.8 Å². The van der Waals surface area contributed by atoms with E-state index in [0.717, 1.165) is 24.2 Å². The second-order valence-corrected chi connectivity index (χ2v) is 7.80. The summed E-state index contributed by atoms with van der Waals surface area (Å²) in [6.07, 6.45) is 0.547. The van der Waals surface area contributed by atoms with E-state index >= 15 is 0 Å². The Bertz CT molecular complexity index is 847. The number of carbonyl (C=O) groups excluding carboxylic acids is 2. The van der Waals surface area contributed by atoms with Crippen LogP contribution in [0.15, 0.2) is 18.2 Å². The number of nitrogens with zero attached hydrogens (tertiary/aromatic N) is 2. The van der Waals surface area contributed by atoms with Gasteiger partial charge in [-0.2, -0.15) is 0 Å². The number of fused-ring (bicyclic) bond motifs is 1.